The van der Waals surface area contributed by atoms with Gasteiger partial charge in [0, 0.05) is 34.4 Å². The first-order valence-corrected chi connectivity index (χ1v) is 9.56. The largest absolute Gasteiger partial charge is 0.457 e. The molecule has 3 rings (SSSR count). The molecule has 0 atom stereocenters. The van der Waals surface area contributed by atoms with Crippen LogP contribution in [0.25, 0.3) is 17.4 Å². The SMILES string of the molecule is N#CC(=Cc1ccc(-c2cccc([N+](=O)[O-])c2)o1)C(=O)Nc1ccc(SC(F)F)cc1. The van der Waals surface area contributed by atoms with Gasteiger partial charge in [0.05, 0.1) is 4.92 Å². The van der Waals surface area contributed by atoms with E-state index < -0.39 is 16.6 Å². The summed E-state index contributed by atoms with van der Waals surface area (Å²) in [6.07, 6.45) is 1.23. The number of furan rings is 1. The summed E-state index contributed by atoms with van der Waals surface area (Å²) in [7, 11) is 0. The van der Waals surface area contributed by atoms with E-state index in [1.165, 1.54) is 54.6 Å². The van der Waals surface area contributed by atoms with E-state index in [1.54, 1.807) is 18.2 Å². The number of thioether (sulfide) groups is 1. The Bertz CT molecular complexity index is 1180. The second kappa shape index (κ2) is 9.69. The van der Waals surface area contributed by atoms with Crippen LogP contribution in [-0.2, 0) is 4.79 Å². The van der Waals surface area contributed by atoms with Crippen LogP contribution in [-0.4, -0.2) is 16.6 Å². The highest BCUT2D eigenvalue weighted by atomic mass is 32.2. The highest BCUT2D eigenvalue weighted by molar-refractivity contribution is 7.99. The van der Waals surface area contributed by atoms with Crippen LogP contribution in [0.3, 0.4) is 0 Å². The fourth-order valence-corrected chi connectivity index (χ4v) is 3.07. The van der Waals surface area contributed by atoms with Gasteiger partial charge in [0.15, 0.2) is 0 Å². The minimum absolute atomic E-state index is 0.0962. The topological polar surface area (TPSA) is 109 Å². The van der Waals surface area contributed by atoms with Crippen LogP contribution >= 0.6 is 11.8 Å². The van der Waals surface area contributed by atoms with E-state index in [9.17, 15) is 29.0 Å². The lowest BCUT2D eigenvalue weighted by atomic mass is 10.1. The van der Waals surface area contributed by atoms with Crippen molar-refractivity contribution in [3.05, 3.63) is 82.1 Å². The number of nitro groups is 1. The lowest BCUT2D eigenvalue weighted by molar-refractivity contribution is -0.384. The number of anilines is 1. The van der Waals surface area contributed by atoms with Crippen molar-refractivity contribution in [3.63, 3.8) is 0 Å². The van der Waals surface area contributed by atoms with Crippen molar-refractivity contribution in [2.75, 3.05) is 5.32 Å². The lowest BCUT2D eigenvalue weighted by Gasteiger charge is -2.05. The maximum atomic E-state index is 12.4. The number of halogens is 2. The summed E-state index contributed by atoms with van der Waals surface area (Å²) >= 11 is 0.382. The van der Waals surface area contributed by atoms with E-state index in [1.807, 2.05) is 0 Å². The zero-order valence-electron chi connectivity index (χ0n) is 15.6. The van der Waals surface area contributed by atoms with Gasteiger partial charge in [-0.15, -0.1) is 0 Å². The summed E-state index contributed by atoms with van der Waals surface area (Å²) in [6.45, 7) is 0. The Kier molecular flexibility index (Phi) is 6.79. The third-order valence-corrected chi connectivity index (χ3v) is 4.68. The van der Waals surface area contributed by atoms with Gasteiger partial charge in [-0.2, -0.15) is 14.0 Å². The molecule has 2 aromatic carbocycles. The molecule has 156 valence electrons. The molecule has 0 spiro atoms. The molecule has 1 amide bonds. The second-order valence-electron chi connectivity index (χ2n) is 6.04. The molecule has 0 aliphatic heterocycles. The molecule has 0 radical (unpaired) electrons. The number of hydrogen-bond acceptors (Lipinski definition) is 6. The average molecular weight is 441 g/mol. The molecule has 0 bridgehead atoms. The first-order valence-electron chi connectivity index (χ1n) is 8.68. The number of nitriles is 1. The fourth-order valence-electron chi connectivity index (χ4n) is 2.57. The van der Waals surface area contributed by atoms with Crippen LogP contribution in [0.1, 0.15) is 5.76 Å². The van der Waals surface area contributed by atoms with Crippen molar-refractivity contribution >= 4 is 35.1 Å². The molecule has 10 heteroatoms. The summed E-state index contributed by atoms with van der Waals surface area (Å²) in [5.41, 5.74) is 0.465. The van der Waals surface area contributed by atoms with Crippen LogP contribution in [0, 0.1) is 21.4 Å². The highest BCUT2D eigenvalue weighted by Gasteiger charge is 2.13. The van der Waals surface area contributed by atoms with Crippen molar-refractivity contribution in [3.8, 4) is 17.4 Å². The molecule has 0 unspecified atom stereocenters. The first kappa shape index (κ1) is 21.7. The van der Waals surface area contributed by atoms with Crippen molar-refractivity contribution in [2.45, 2.75) is 10.7 Å². The molecule has 0 fully saturated rings. The Morgan fingerprint density at radius 1 is 1.19 bits per heavy atom. The fraction of sp³-hybridized carbons (Fsp3) is 0.0476. The van der Waals surface area contributed by atoms with E-state index in [0.717, 1.165) is 0 Å². The van der Waals surface area contributed by atoms with Gasteiger partial charge in [0.25, 0.3) is 17.4 Å². The van der Waals surface area contributed by atoms with Gasteiger partial charge in [-0.3, -0.25) is 14.9 Å². The number of nitrogens with one attached hydrogen (secondary N) is 1. The molecule has 0 saturated heterocycles. The predicted octanol–water partition coefficient (Wildman–Crippen LogP) is 5.72. The third kappa shape index (κ3) is 5.77. The third-order valence-electron chi connectivity index (χ3n) is 3.96. The van der Waals surface area contributed by atoms with Crippen LogP contribution in [0.2, 0.25) is 0 Å². The number of hydrogen-bond donors (Lipinski definition) is 1. The molecule has 1 N–H and O–H groups in total. The van der Waals surface area contributed by atoms with Crippen LogP contribution in [0.4, 0.5) is 20.2 Å². The summed E-state index contributed by atoms with van der Waals surface area (Å²) in [5, 5.41) is 22.7. The molecule has 0 saturated carbocycles. The maximum Gasteiger partial charge on any atom is 0.288 e. The van der Waals surface area contributed by atoms with Crippen LogP contribution < -0.4 is 5.32 Å². The number of nitrogens with zero attached hydrogens (tertiary/aromatic N) is 2. The van der Waals surface area contributed by atoms with E-state index in [-0.39, 0.29) is 17.0 Å². The Balaban J connectivity index is 1.74. The Morgan fingerprint density at radius 2 is 1.94 bits per heavy atom. The van der Waals surface area contributed by atoms with E-state index in [2.05, 4.69) is 5.32 Å². The summed E-state index contributed by atoms with van der Waals surface area (Å²) < 4.78 is 30.3. The van der Waals surface area contributed by atoms with E-state index >= 15 is 0 Å². The molecular formula is C21H13F2N3O4S. The number of amides is 1. The second-order valence-corrected chi connectivity index (χ2v) is 7.10. The summed E-state index contributed by atoms with van der Waals surface area (Å²) in [5.74, 6) is -2.71. The monoisotopic (exact) mass is 441 g/mol. The lowest BCUT2D eigenvalue weighted by Crippen LogP contribution is -2.13. The van der Waals surface area contributed by atoms with E-state index in [4.69, 9.17) is 4.42 Å². The highest BCUT2D eigenvalue weighted by Crippen LogP contribution is 2.28. The smallest absolute Gasteiger partial charge is 0.288 e. The Morgan fingerprint density at radius 3 is 2.58 bits per heavy atom. The number of alkyl halides is 2. The van der Waals surface area contributed by atoms with E-state index in [0.29, 0.717) is 33.7 Å². The normalized spacial score (nSPS) is 11.2. The summed E-state index contributed by atoms with van der Waals surface area (Å²) in [6, 6.07) is 16.5. The van der Waals surface area contributed by atoms with Gasteiger partial charge >= 0.3 is 0 Å². The number of rotatable bonds is 7. The predicted molar refractivity (Wildman–Crippen MR) is 111 cm³/mol. The standard InChI is InChI=1S/C21H13F2N3O4S/c22-21(23)31-18-7-4-15(5-8-18)25-20(27)14(12-24)11-17-6-9-19(30-17)13-2-1-3-16(10-13)26(28)29/h1-11,21H,(H,25,27). The van der Waals surface area contributed by atoms with Gasteiger partial charge < -0.3 is 9.73 Å². The molecule has 3 aromatic rings. The molecule has 0 aliphatic carbocycles. The van der Waals surface area contributed by atoms with Crippen molar-refractivity contribution in [1.82, 2.24) is 0 Å². The van der Waals surface area contributed by atoms with Crippen molar-refractivity contribution in [1.29, 1.82) is 5.26 Å². The molecule has 1 heterocycles. The van der Waals surface area contributed by atoms with Gasteiger partial charge in [-0.05, 0) is 36.4 Å². The van der Waals surface area contributed by atoms with Crippen LogP contribution in [0.15, 0.2) is 75.5 Å². The minimum atomic E-state index is -2.55. The molecule has 7 nitrogen and oxygen atoms in total. The zero-order valence-corrected chi connectivity index (χ0v) is 16.4. The zero-order chi connectivity index (χ0) is 22.4. The van der Waals surface area contributed by atoms with Gasteiger partial charge in [0.1, 0.15) is 23.2 Å². The number of carbonyl (C=O) groups excluding carboxylic acids is 1. The summed E-state index contributed by atoms with van der Waals surface area (Å²) in [4.78, 5) is 23.1. The first-order chi connectivity index (χ1) is 14.9. The Hall–Kier alpha value is -3.97. The van der Waals surface area contributed by atoms with Crippen molar-refractivity contribution in [2.24, 2.45) is 0 Å². The minimum Gasteiger partial charge on any atom is -0.457 e. The molecule has 31 heavy (non-hydrogen) atoms. The Labute approximate surface area is 179 Å². The molecule has 1 aromatic heterocycles. The average Bonchev–Trinajstić information content (AvgIpc) is 3.22. The van der Waals surface area contributed by atoms with Crippen LogP contribution in [0.5, 0.6) is 0 Å². The molecule has 0 aliphatic rings. The van der Waals surface area contributed by atoms with Crippen molar-refractivity contribution < 1.29 is 22.9 Å². The maximum absolute atomic E-state index is 12.4. The van der Waals surface area contributed by atoms with Gasteiger partial charge in [-0.25, -0.2) is 0 Å². The number of benzene rings is 2. The number of non-ortho nitro benzene ring substituents is 1. The number of carbonyl (C=O) groups is 1. The quantitative estimate of drug-likeness (QED) is 0.165. The number of nitro benzene ring substituents is 1. The van der Waals surface area contributed by atoms with Gasteiger partial charge in [-0.1, -0.05) is 23.9 Å². The molecular weight excluding hydrogens is 428 g/mol. The van der Waals surface area contributed by atoms with Gasteiger partial charge in [0.2, 0.25) is 0 Å².